The van der Waals surface area contributed by atoms with Gasteiger partial charge in [-0.1, -0.05) is 20.8 Å². The number of rotatable bonds is 7. The fourth-order valence-electron chi connectivity index (χ4n) is 1.11. The summed E-state index contributed by atoms with van der Waals surface area (Å²) < 4.78 is 0. The van der Waals surface area contributed by atoms with E-state index in [4.69, 9.17) is 5.11 Å². The number of nitrogens with one attached hydrogen (secondary N) is 1. The van der Waals surface area contributed by atoms with Gasteiger partial charge in [-0.15, -0.1) is 11.8 Å². The zero-order valence-electron chi connectivity index (χ0n) is 10.1. The molecule has 0 aromatic rings. The maximum atomic E-state index is 11.6. The minimum absolute atomic E-state index is 0.0368. The normalized spacial score (nSPS) is 15.1. The molecule has 0 saturated carbocycles. The molecule has 0 heterocycles. The average molecular weight is 233 g/mol. The number of hydrogen-bond donors (Lipinski definition) is 2. The highest BCUT2D eigenvalue weighted by Crippen LogP contribution is 2.19. The first-order valence-electron chi connectivity index (χ1n) is 5.51. The first-order chi connectivity index (χ1) is 6.97. The van der Waals surface area contributed by atoms with E-state index in [1.807, 2.05) is 13.8 Å². The molecule has 0 bridgehead atoms. The van der Waals surface area contributed by atoms with Gasteiger partial charge in [0.25, 0.3) is 0 Å². The molecule has 0 aliphatic heterocycles. The minimum Gasteiger partial charge on any atom is -0.396 e. The summed E-state index contributed by atoms with van der Waals surface area (Å²) in [5.41, 5.74) is 0. The molecule has 0 saturated heterocycles. The molecular weight excluding hydrogens is 210 g/mol. The van der Waals surface area contributed by atoms with Crippen LogP contribution in [0.25, 0.3) is 0 Å². The Kier molecular flexibility index (Phi) is 7.88. The van der Waals surface area contributed by atoms with E-state index < -0.39 is 0 Å². The summed E-state index contributed by atoms with van der Waals surface area (Å²) in [4.78, 5) is 11.6. The van der Waals surface area contributed by atoms with Crippen LogP contribution in [0.5, 0.6) is 0 Å². The Morgan fingerprint density at radius 3 is 2.40 bits per heavy atom. The number of thioether (sulfide) groups is 1. The molecule has 0 aliphatic rings. The van der Waals surface area contributed by atoms with Crippen molar-refractivity contribution in [1.82, 2.24) is 5.32 Å². The Hall–Kier alpha value is -0.220. The lowest BCUT2D eigenvalue weighted by Gasteiger charge is -2.16. The van der Waals surface area contributed by atoms with Gasteiger partial charge >= 0.3 is 0 Å². The van der Waals surface area contributed by atoms with E-state index in [-0.39, 0.29) is 17.8 Å². The van der Waals surface area contributed by atoms with Gasteiger partial charge in [-0.3, -0.25) is 4.79 Å². The van der Waals surface area contributed by atoms with Crippen molar-refractivity contribution in [3.05, 3.63) is 0 Å². The summed E-state index contributed by atoms with van der Waals surface area (Å²) in [7, 11) is 0. The van der Waals surface area contributed by atoms with Gasteiger partial charge in [0.2, 0.25) is 5.91 Å². The highest BCUT2D eigenvalue weighted by molar-refractivity contribution is 8.01. The molecule has 0 fully saturated rings. The van der Waals surface area contributed by atoms with E-state index >= 15 is 0 Å². The van der Waals surface area contributed by atoms with Crippen LogP contribution in [0.2, 0.25) is 0 Å². The van der Waals surface area contributed by atoms with E-state index in [1.54, 1.807) is 11.8 Å². The smallest absolute Gasteiger partial charge is 0.232 e. The highest BCUT2D eigenvalue weighted by atomic mass is 32.2. The molecule has 0 spiro atoms. The molecule has 0 aliphatic carbocycles. The van der Waals surface area contributed by atoms with Crippen LogP contribution in [0.1, 0.15) is 34.1 Å². The van der Waals surface area contributed by atoms with Gasteiger partial charge in [0.05, 0.1) is 5.25 Å². The Morgan fingerprint density at radius 2 is 1.93 bits per heavy atom. The predicted molar refractivity (Wildman–Crippen MR) is 66.1 cm³/mol. The monoisotopic (exact) mass is 233 g/mol. The number of aliphatic hydroxyl groups excluding tert-OH is 1. The molecule has 2 unspecified atom stereocenters. The lowest BCUT2D eigenvalue weighted by Crippen LogP contribution is -2.34. The van der Waals surface area contributed by atoms with E-state index in [9.17, 15) is 4.79 Å². The first-order valence-corrected chi connectivity index (χ1v) is 6.45. The molecule has 2 N–H and O–H groups in total. The molecule has 1 amide bonds. The third-order valence-electron chi connectivity index (χ3n) is 2.03. The quantitative estimate of drug-likeness (QED) is 0.703. The van der Waals surface area contributed by atoms with Gasteiger partial charge in [0.1, 0.15) is 0 Å². The van der Waals surface area contributed by atoms with Crippen LogP contribution >= 0.6 is 11.8 Å². The lowest BCUT2D eigenvalue weighted by molar-refractivity contribution is -0.120. The van der Waals surface area contributed by atoms with Gasteiger partial charge in [0, 0.05) is 18.4 Å². The minimum atomic E-state index is -0.0368. The third kappa shape index (κ3) is 7.68. The number of aliphatic hydroxyl groups is 1. The topological polar surface area (TPSA) is 49.3 Å². The van der Waals surface area contributed by atoms with Crippen LogP contribution in [0.3, 0.4) is 0 Å². The summed E-state index contributed by atoms with van der Waals surface area (Å²) in [6, 6.07) is 0. The molecular formula is C11H23NO2S. The number of carbonyl (C=O) groups excluding carboxylic acids is 1. The number of amides is 1. The third-order valence-corrected chi connectivity index (χ3v) is 3.35. The first kappa shape index (κ1) is 14.8. The average Bonchev–Trinajstić information content (AvgIpc) is 2.14. The van der Waals surface area contributed by atoms with Gasteiger partial charge in [-0.05, 0) is 19.3 Å². The summed E-state index contributed by atoms with van der Waals surface area (Å²) in [6.07, 6.45) is 0.743. The zero-order chi connectivity index (χ0) is 11.8. The van der Waals surface area contributed by atoms with Crippen molar-refractivity contribution in [3.63, 3.8) is 0 Å². The van der Waals surface area contributed by atoms with E-state index in [2.05, 4.69) is 19.2 Å². The second-order valence-electron chi connectivity index (χ2n) is 4.24. The summed E-state index contributed by atoms with van der Waals surface area (Å²) >= 11 is 1.61. The fraction of sp³-hybridized carbons (Fsp3) is 0.909. The van der Waals surface area contributed by atoms with Crippen molar-refractivity contribution in [3.8, 4) is 0 Å². The van der Waals surface area contributed by atoms with Crippen molar-refractivity contribution in [2.24, 2.45) is 5.92 Å². The number of carbonyl (C=O) groups is 1. The second-order valence-corrected chi connectivity index (χ2v) is 6.02. The van der Waals surface area contributed by atoms with E-state index in [0.717, 1.165) is 13.0 Å². The predicted octanol–water partition coefficient (Wildman–Crippen LogP) is 1.65. The molecule has 0 aromatic carbocycles. The van der Waals surface area contributed by atoms with Crippen molar-refractivity contribution in [2.75, 3.05) is 13.2 Å². The Labute approximate surface area is 97.0 Å². The van der Waals surface area contributed by atoms with E-state index in [0.29, 0.717) is 11.2 Å². The molecule has 2 atom stereocenters. The largest absolute Gasteiger partial charge is 0.396 e. The number of hydrogen-bond acceptors (Lipinski definition) is 3. The molecule has 15 heavy (non-hydrogen) atoms. The van der Waals surface area contributed by atoms with Crippen LogP contribution in [0, 0.1) is 5.92 Å². The van der Waals surface area contributed by atoms with Gasteiger partial charge in [-0.25, -0.2) is 0 Å². The SMILES string of the molecule is CC(C)CNC(=O)C(C)SC(C)CCO. The van der Waals surface area contributed by atoms with Gasteiger partial charge < -0.3 is 10.4 Å². The fourth-order valence-corrected chi connectivity index (χ4v) is 2.25. The van der Waals surface area contributed by atoms with E-state index in [1.165, 1.54) is 0 Å². The van der Waals surface area contributed by atoms with Crippen molar-refractivity contribution in [1.29, 1.82) is 0 Å². The van der Waals surface area contributed by atoms with Gasteiger partial charge in [-0.2, -0.15) is 0 Å². The Balaban J connectivity index is 3.78. The van der Waals surface area contributed by atoms with Crippen LogP contribution < -0.4 is 5.32 Å². The molecule has 90 valence electrons. The molecule has 0 aromatic heterocycles. The van der Waals surface area contributed by atoms with Crippen LogP contribution in [-0.2, 0) is 4.79 Å². The second kappa shape index (κ2) is 7.99. The summed E-state index contributed by atoms with van der Waals surface area (Å²) in [5, 5.41) is 11.9. The lowest BCUT2D eigenvalue weighted by atomic mass is 10.2. The molecule has 4 heteroatoms. The Morgan fingerprint density at radius 1 is 1.33 bits per heavy atom. The van der Waals surface area contributed by atoms with Crippen molar-refractivity contribution in [2.45, 2.75) is 44.6 Å². The summed E-state index contributed by atoms with van der Waals surface area (Å²) in [5.74, 6) is 0.583. The molecule has 0 radical (unpaired) electrons. The highest BCUT2D eigenvalue weighted by Gasteiger charge is 2.16. The van der Waals surface area contributed by atoms with Crippen molar-refractivity contribution < 1.29 is 9.90 Å². The summed E-state index contributed by atoms with van der Waals surface area (Å²) in [6.45, 7) is 9.02. The van der Waals surface area contributed by atoms with Crippen LogP contribution in [0.4, 0.5) is 0 Å². The van der Waals surface area contributed by atoms with Gasteiger partial charge in [0.15, 0.2) is 0 Å². The van der Waals surface area contributed by atoms with Crippen LogP contribution in [0.15, 0.2) is 0 Å². The van der Waals surface area contributed by atoms with Crippen LogP contribution in [-0.4, -0.2) is 34.7 Å². The maximum Gasteiger partial charge on any atom is 0.232 e. The molecule has 0 rings (SSSR count). The Bertz CT molecular complexity index is 185. The molecule has 3 nitrogen and oxygen atoms in total. The van der Waals surface area contributed by atoms with Crippen molar-refractivity contribution >= 4 is 17.7 Å². The zero-order valence-corrected chi connectivity index (χ0v) is 10.9. The standard InChI is InChI=1S/C11H23NO2S/c1-8(2)7-12-11(14)10(4)15-9(3)5-6-13/h8-10,13H,5-7H2,1-4H3,(H,12,14). The maximum absolute atomic E-state index is 11.6.